The number of piperidine rings is 1. The summed E-state index contributed by atoms with van der Waals surface area (Å²) >= 11 is 0. The third-order valence-corrected chi connectivity index (χ3v) is 4.66. The molecule has 1 aromatic carbocycles. The van der Waals surface area contributed by atoms with Crippen LogP contribution < -0.4 is 5.32 Å². The van der Waals surface area contributed by atoms with Crippen LogP contribution in [-0.4, -0.2) is 16.7 Å². The Balaban J connectivity index is 1.57. The summed E-state index contributed by atoms with van der Waals surface area (Å²) in [4.78, 5) is 4.66. The fraction of sp³-hybridized carbons (Fsp3) is 0.500. The molecule has 1 aromatic heterocycles. The van der Waals surface area contributed by atoms with Gasteiger partial charge >= 0.3 is 0 Å². The maximum atomic E-state index is 5.52. The Hall–Kier alpha value is -1.68. The van der Waals surface area contributed by atoms with E-state index in [1.165, 1.54) is 24.0 Å². The fourth-order valence-corrected chi connectivity index (χ4v) is 3.38. The smallest absolute Gasteiger partial charge is 0.244 e. The highest BCUT2D eigenvalue weighted by molar-refractivity contribution is 5.43. The quantitative estimate of drug-likeness (QED) is 0.910. The third-order valence-electron chi connectivity index (χ3n) is 4.66. The molecule has 4 heteroatoms. The molecule has 0 spiro atoms. The average molecular weight is 269 g/mol. The molecule has 1 fully saturated rings. The van der Waals surface area contributed by atoms with Gasteiger partial charge in [-0.05, 0) is 42.9 Å². The van der Waals surface area contributed by atoms with Gasteiger partial charge in [-0.3, -0.25) is 0 Å². The van der Waals surface area contributed by atoms with Gasteiger partial charge in [-0.2, -0.15) is 4.98 Å². The van der Waals surface area contributed by atoms with Crippen molar-refractivity contribution >= 4 is 0 Å². The van der Waals surface area contributed by atoms with Crippen LogP contribution in [0.2, 0.25) is 0 Å². The first-order valence-corrected chi connectivity index (χ1v) is 7.47. The molecule has 2 aromatic rings. The van der Waals surface area contributed by atoms with Crippen molar-refractivity contribution in [1.29, 1.82) is 0 Å². The molecule has 3 atom stereocenters. The molecule has 0 bridgehead atoms. The molecular formula is C16H19N3O. The van der Waals surface area contributed by atoms with Gasteiger partial charge in [-0.1, -0.05) is 36.3 Å². The number of rotatable bonds is 2. The molecule has 4 nitrogen and oxygen atoms in total. The first-order chi connectivity index (χ1) is 9.83. The highest BCUT2D eigenvalue weighted by atomic mass is 16.5. The topological polar surface area (TPSA) is 51.0 Å². The molecule has 0 amide bonds. The minimum absolute atomic E-state index is 0.223. The minimum Gasteiger partial charge on any atom is -0.338 e. The van der Waals surface area contributed by atoms with E-state index >= 15 is 0 Å². The summed E-state index contributed by atoms with van der Waals surface area (Å²) in [6.07, 6.45) is 3.49. The molecule has 1 N–H and O–H groups in total. The van der Waals surface area contributed by atoms with E-state index in [1.54, 1.807) is 0 Å². The van der Waals surface area contributed by atoms with Crippen LogP contribution in [0.3, 0.4) is 0 Å². The summed E-state index contributed by atoms with van der Waals surface area (Å²) in [7, 11) is 0. The summed E-state index contributed by atoms with van der Waals surface area (Å²) < 4.78 is 5.52. The van der Waals surface area contributed by atoms with Crippen molar-refractivity contribution in [3.8, 4) is 0 Å². The van der Waals surface area contributed by atoms with Crippen molar-refractivity contribution in [3.63, 3.8) is 0 Å². The summed E-state index contributed by atoms with van der Waals surface area (Å²) in [6, 6.07) is 8.74. The summed E-state index contributed by atoms with van der Waals surface area (Å²) in [5.41, 5.74) is 2.76. The second kappa shape index (κ2) is 4.70. The molecule has 1 aliphatic carbocycles. The average Bonchev–Trinajstić information content (AvgIpc) is 2.90. The van der Waals surface area contributed by atoms with Crippen LogP contribution in [0.25, 0.3) is 0 Å². The Morgan fingerprint density at radius 1 is 1.30 bits per heavy atom. The van der Waals surface area contributed by atoms with Crippen molar-refractivity contribution in [2.75, 3.05) is 6.54 Å². The van der Waals surface area contributed by atoms with E-state index in [2.05, 4.69) is 46.6 Å². The molecule has 1 aliphatic heterocycles. The van der Waals surface area contributed by atoms with Crippen molar-refractivity contribution < 1.29 is 4.52 Å². The zero-order valence-electron chi connectivity index (χ0n) is 11.7. The molecular weight excluding hydrogens is 250 g/mol. The van der Waals surface area contributed by atoms with Crippen LogP contribution in [0, 0.1) is 5.92 Å². The van der Waals surface area contributed by atoms with Gasteiger partial charge in [0.1, 0.15) is 0 Å². The molecule has 2 aliphatic rings. The number of fused-ring (bicyclic) bond motifs is 1. The molecule has 1 saturated heterocycles. The number of nitrogens with zero attached hydrogens (tertiary/aromatic N) is 2. The van der Waals surface area contributed by atoms with Crippen LogP contribution in [-0.2, 0) is 6.42 Å². The highest BCUT2D eigenvalue weighted by Crippen LogP contribution is 2.39. The SMILES string of the molecule is CC1CCCNC1c1nc(C2Cc3ccccc32)no1. The van der Waals surface area contributed by atoms with Crippen LogP contribution >= 0.6 is 0 Å². The van der Waals surface area contributed by atoms with Crippen molar-refractivity contribution in [1.82, 2.24) is 15.5 Å². The van der Waals surface area contributed by atoms with Gasteiger partial charge in [-0.15, -0.1) is 0 Å². The molecule has 20 heavy (non-hydrogen) atoms. The predicted octanol–water partition coefficient (Wildman–Crippen LogP) is 2.82. The Bertz CT molecular complexity index is 622. The van der Waals surface area contributed by atoms with Crippen LogP contribution in [0.1, 0.15) is 54.6 Å². The Morgan fingerprint density at radius 2 is 2.20 bits per heavy atom. The van der Waals surface area contributed by atoms with E-state index in [1.807, 2.05) is 0 Å². The third kappa shape index (κ3) is 1.86. The second-order valence-corrected chi connectivity index (χ2v) is 6.00. The van der Waals surface area contributed by atoms with E-state index in [-0.39, 0.29) is 6.04 Å². The maximum absolute atomic E-state index is 5.52. The monoisotopic (exact) mass is 269 g/mol. The van der Waals surface area contributed by atoms with Gasteiger partial charge in [0, 0.05) is 0 Å². The van der Waals surface area contributed by atoms with Gasteiger partial charge in [0.15, 0.2) is 5.82 Å². The number of aromatic nitrogens is 2. The lowest BCUT2D eigenvalue weighted by Gasteiger charge is -2.28. The zero-order chi connectivity index (χ0) is 13.5. The van der Waals surface area contributed by atoms with Gasteiger partial charge in [-0.25, -0.2) is 0 Å². The van der Waals surface area contributed by atoms with Gasteiger partial charge in [0.2, 0.25) is 5.89 Å². The van der Waals surface area contributed by atoms with E-state index in [4.69, 9.17) is 4.52 Å². The number of hydrogen-bond acceptors (Lipinski definition) is 4. The lowest BCUT2D eigenvalue weighted by molar-refractivity contribution is 0.238. The maximum Gasteiger partial charge on any atom is 0.244 e. The first kappa shape index (κ1) is 12.1. The lowest BCUT2D eigenvalue weighted by Crippen LogP contribution is -2.33. The van der Waals surface area contributed by atoms with Crippen LogP contribution in [0.15, 0.2) is 28.8 Å². The van der Waals surface area contributed by atoms with Crippen LogP contribution in [0.5, 0.6) is 0 Å². The van der Waals surface area contributed by atoms with Gasteiger partial charge in [0.05, 0.1) is 12.0 Å². The van der Waals surface area contributed by atoms with Gasteiger partial charge in [0.25, 0.3) is 0 Å². The molecule has 4 rings (SSSR count). The van der Waals surface area contributed by atoms with E-state index in [9.17, 15) is 0 Å². The lowest BCUT2D eigenvalue weighted by atomic mass is 9.77. The number of benzene rings is 1. The van der Waals surface area contributed by atoms with Gasteiger partial charge < -0.3 is 9.84 Å². The molecule has 3 unspecified atom stereocenters. The Morgan fingerprint density at radius 3 is 3.05 bits per heavy atom. The summed E-state index contributed by atoms with van der Waals surface area (Å²) in [5, 5.41) is 7.72. The second-order valence-electron chi connectivity index (χ2n) is 6.00. The first-order valence-electron chi connectivity index (χ1n) is 7.47. The van der Waals surface area contributed by atoms with E-state index in [0.29, 0.717) is 11.8 Å². The highest BCUT2D eigenvalue weighted by Gasteiger charge is 2.33. The number of nitrogens with one attached hydrogen (secondary N) is 1. The molecule has 104 valence electrons. The van der Waals surface area contributed by atoms with Crippen molar-refractivity contribution in [2.24, 2.45) is 5.92 Å². The minimum atomic E-state index is 0.223. The fourth-order valence-electron chi connectivity index (χ4n) is 3.38. The van der Waals surface area contributed by atoms with Crippen molar-refractivity contribution in [3.05, 3.63) is 47.1 Å². The summed E-state index contributed by atoms with van der Waals surface area (Å²) in [6.45, 7) is 3.29. The Labute approximate surface area is 118 Å². The van der Waals surface area contributed by atoms with Crippen LogP contribution in [0.4, 0.5) is 0 Å². The molecule has 0 radical (unpaired) electrons. The zero-order valence-corrected chi connectivity index (χ0v) is 11.7. The van der Waals surface area contributed by atoms with Crippen molar-refractivity contribution in [2.45, 2.75) is 38.1 Å². The van der Waals surface area contributed by atoms with E-state index < -0.39 is 0 Å². The molecule has 0 saturated carbocycles. The molecule has 2 heterocycles. The standard InChI is InChI=1S/C16H19N3O/c1-10-5-4-8-17-14(10)16-18-15(19-20-16)13-9-11-6-2-3-7-12(11)13/h2-3,6-7,10,13-14,17H,4-5,8-9H2,1H3. The number of hydrogen-bond donors (Lipinski definition) is 1. The van der Waals surface area contributed by atoms with E-state index in [0.717, 1.165) is 24.7 Å². The predicted molar refractivity (Wildman–Crippen MR) is 75.4 cm³/mol. The summed E-state index contributed by atoms with van der Waals surface area (Å²) in [5.74, 6) is 2.49. The largest absolute Gasteiger partial charge is 0.338 e. The normalized spacial score (nSPS) is 28.8. The Kier molecular flexibility index (Phi) is 2.84.